The zero-order chi connectivity index (χ0) is 13.4. The van der Waals surface area contributed by atoms with Crippen LogP contribution in [-0.4, -0.2) is 40.5 Å². The van der Waals surface area contributed by atoms with Crippen molar-refractivity contribution < 1.29 is 20.1 Å². The number of anilines is 1. The fourth-order valence-corrected chi connectivity index (χ4v) is 1.63. The number of rotatable bonds is 8. The molecule has 0 aliphatic rings. The molecule has 1 rings (SSSR count). The number of carboxylic acids is 1. The number of aliphatic hydroxyl groups is 2. The van der Waals surface area contributed by atoms with Gasteiger partial charge in [0.25, 0.3) is 0 Å². The van der Waals surface area contributed by atoms with Gasteiger partial charge in [0, 0.05) is 18.7 Å². The predicted octanol–water partition coefficient (Wildman–Crippen LogP) is 0.859. The minimum atomic E-state index is -0.795. The van der Waals surface area contributed by atoms with Crippen molar-refractivity contribution in [3.05, 3.63) is 29.8 Å². The van der Waals surface area contributed by atoms with E-state index in [0.29, 0.717) is 12.8 Å². The molecule has 0 saturated carbocycles. The van der Waals surface area contributed by atoms with Gasteiger partial charge in [-0.25, -0.2) is 0 Å². The Balaban J connectivity index is 2.53. The third-order valence-electron chi connectivity index (χ3n) is 2.59. The minimum absolute atomic E-state index is 0.146. The van der Waals surface area contributed by atoms with Gasteiger partial charge in [0.2, 0.25) is 0 Å². The lowest BCUT2D eigenvalue weighted by Gasteiger charge is -2.14. The Morgan fingerprint density at radius 3 is 2.72 bits per heavy atom. The van der Waals surface area contributed by atoms with Crippen molar-refractivity contribution in [1.29, 1.82) is 0 Å². The quantitative estimate of drug-likeness (QED) is 0.551. The van der Waals surface area contributed by atoms with Gasteiger partial charge < -0.3 is 20.6 Å². The average molecular weight is 253 g/mol. The van der Waals surface area contributed by atoms with E-state index in [1.807, 2.05) is 24.3 Å². The highest BCUT2D eigenvalue weighted by molar-refractivity contribution is 5.66. The molecule has 0 fully saturated rings. The van der Waals surface area contributed by atoms with Crippen LogP contribution >= 0.6 is 0 Å². The molecule has 1 aromatic carbocycles. The van der Waals surface area contributed by atoms with E-state index in [4.69, 9.17) is 10.2 Å². The largest absolute Gasteiger partial charge is 0.481 e. The van der Waals surface area contributed by atoms with Gasteiger partial charge in [-0.2, -0.15) is 0 Å². The van der Waals surface area contributed by atoms with Crippen LogP contribution < -0.4 is 5.32 Å². The van der Waals surface area contributed by atoms with E-state index >= 15 is 0 Å². The van der Waals surface area contributed by atoms with Gasteiger partial charge in [-0.3, -0.25) is 4.79 Å². The molecule has 18 heavy (non-hydrogen) atoms. The molecule has 0 bridgehead atoms. The normalized spacial score (nSPS) is 12.1. The highest BCUT2D eigenvalue weighted by Gasteiger charge is 2.05. The Hall–Kier alpha value is -1.59. The number of aliphatic hydroxyl groups excluding tert-OH is 2. The first-order valence-electron chi connectivity index (χ1n) is 5.96. The number of nitrogens with one attached hydrogen (secondary N) is 1. The molecule has 1 atom stereocenters. The zero-order valence-electron chi connectivity index (χ0n) is 10.2. The smallest absolute Gasteiger partial charge is 0.303 e. The van der Waals surface area contributed by atoms with E-state index in [2.05, 4.69) is 5.32 Å². The summed E-state index contributed by atoms with van der Waals surface area (Å²) in [6, 6.07) is 7.56. The Morgan fingerprint density at radius 2 is 2.06 bits per heavy atom. The summed E-state index contributed by atoms with van der Waals surface area (Å²) < 4.78 is 0. The standard InChI is InChI=1S/C13H19NO4/c15-9-11(16)8-14-12-6-2-1-4-10(12)5-3-7-13(17)18/h1-2,4,6,11,14-16H,3,5,7-9H2,(H,17,18). The van der Waals surface area contributed by atoms with Crippen LogP contribution in [0, 0.1) is 0 Å². The average Bonchev–Trinajstić information content (AvgIpc) is 2.36. The summed E-state index contributed by atoms with van der Waals surface area (Å²) in [4.78, 5) is 10.5. The molecule has 0 saturated heterocycles. The Morgan fingerprint density at radius 1 is 1.33 bits per heavy atom. The van der Waals surface area contributed by atoms with Crippen molar-refractivity contribution in [2.24, 2.45) is 0 Å². The zero-order valence-corrected chi connectivity index (χ0v) is 10.2. The summed E-state index contributed by atoms with van der Waals surface area (Å²) in [7, 11) is 0. The lowest BCUT2D eigenvalue weighted by molar-refractivity contribution is -0.137. The van der Waals surface area contributed by atoms with Crippen molar-refractivity contribution in [3.63, 3.8) is 0 Å². The molecule has 1 aromatic rings. The van der Waals surface area contributed by atoms with Crippen LogP contribution in [0.5, 0.6) is 0 Å². The first kappa shape index (κ1) is 14.5. The molecule has 0 aliphatic heterocycles. The lowest BCUT2D eigenvalue weighted by atomic mass is 10.1. The molecule has 4 N–H and O–H groups in total. The molecule has 0 aliphatic carbocycles. The third kappa shape index (κ3) is 5.16. The molecule has 0 spiro atoms. The summed E-state index contributed by atoms with van der Waals surface area (Å²) in [6.07, 6.45) is 0.603. The van der Waals surface area contributed by atoms with Crippen molar-refractivity contribution >= 4 is 11.7 Å². The number of carboxylic acid groups (broad SMARTS) is 1. The number of hydrogen-bond donors (Lipinski definition) is 4. The van der Waals surface area contributed by atoms with Gasteiger partial charge in [0.15, 0.2) is 0 Å². The van der Waals surface area contributed by atoms with E-state index in [9.17, 15) is 9.90 Å². The molecule has 0 aromatic heterocycles. The van der Waals surface area contributed by atoms with Gasteiger partial charge in [-0.15, -0.1) is 0 Å². The van der Waals surface area contributed by atoms with Gasteiger partial charge in [0.1, 0.15) is 0 Å². The summed E-state index contributed by atoms with van der Waals surface area (Å²) in [6.45, 7) is -0.0133. The fraction of sp³-hybridized carbons (Fsp3) is 0.462. The first-order valence-corrected chi connectivity index (χ1v) is 5.96. The van der Waals surface area contributed by atoms with E-state index < -0.39 is 12.1 Å². The van der Waals surface area contributed by atoms with Gasteiger partial charge in [0.05, 0.1) is 12.7 Å². The highest BCUT2D eigenvalue weighted by atomic mass is 16.4. The van der Waals surface area contributed by atoms with Gasteiger partial charge in [-0.1, -0.05) is 18.2 Å². The maximum absolute atomic E-state index is 10.5. The van der Waals surface area contributed by atoms with E-state index in [-0.39, 0.29) is 19.6 Å². The summed E-state index contributed by atoms with van der Waals surface area (Å²) in [5, 5.41) is 29.6. The lowest BCUT2D eigenvalue weighted by Crippen LogP contribution is -2.23. The molecular formula is C13H19NO4. The second kappa shape index (κ2) is 7.68. The van der Waals surface area contributed by atoms with Crippen molar-refractivity contribution in [2.75, 3.05) is 18.5 Å². The Labute approximate surface area is 106 Å². The highest BCUT2D eigenvalue weighted by Crippen LogP contribution is 2.17. The molecule has 0 heterocycles. The van der Waals surface area contributed by atoms with Gasteiger partial charge >= 0.3 is 5.97 Å². The van der Waals surface area contributed by atoms with Crippen LogP contribution in [0.1, 0.15) is 18.4 Å². The number of carbonyl (C=O) groups is 1. The predicted molar refractivity (Wildman–Crippen MR) is 68.6 cm³/mol. The minimum Gasteiger partial charge on any atom is -0.481 e. The first-order chi connectivity index (χ1) is 8.63. The number of benzene rings is 1. The number of aliphatic carboxylic acids is 1. The molecule has 0 amide bonds. The molecule has 0 radical (unpaired) electrons. The van der Waals surface area contributed by atoms with Gasteiger partial charge in [-0.05, 0) is 24.5 Å². The van der Waals surface area contributed by atoms with Crippen LogP contribution in [0.4, 0.5) is 5.69 Å². The van der Waals surface area contributed by atoms with Crippen LogP contribution in [0.25, 0.3) is 0 Å². The molecule has 5 nitrogen and oxygen atoms in total. The van der Waals surface area contributed by atoms with Crippen molar-refractivity contribution in [1.82, 2.24) is 0 Å². The Bertz CT molecular complexity index is 381. The summed E-state index contributed by atoms with van der Waals surface area (Å²) in [5.41, 5.74) is 1.89. The maximum Gasteiger partial charge on any atom is 0.303 e. The topological polar surface area (TPSA) is 89.8 Å². The second-order valence-corrected chi connectivity index (χ2v) is 4.12. The number of aryl methyl sites for hydroxylation is 1. The van der Waals surface area contributed by atoms with E-state index in [1.165, 1.54) is 0 Å². The monoisotopic (exact) mass is 253 g/mol. The van der Waals surface area contributed by atoms with Crippen molar-refractivity contribution in [3.8, 4) is 0 Å². The Kier molecular flexibility index (Phi) is 6.18. The van der Waals surface area contributed by atoms with E-state index in [1.54, 1.807) is 0 Å². The molecule has 1 unspecified atom stereocenters. The van der Waals surface area contributed by atoms with Crippen molar-refractivity contribution in [2.45, 2.75) is 25.4 Å². The summed E-state index contributed by atoms with van der Waals surface area (Å²) in [5.74, 6) is -0.795. The fourth-order valence-electron chi connectivity index (χ4n) is 1.63. The SMILES string of the molecule is O=C(O)CCCc1ccccc1NCC(O)CO. The van der Waals surface area contributed by atoms with Crippen LogP contribution in [0.3, 0.4) is 0 Å². The van der Waals surface area contributed by atoms with Crippen LogP contribution in [0.15, 0.2) is 24.3 Å². The summed E-state index contributed by atoms with van der Waals surface area (Å²) >= 11 is 0. The third-order valence-corrected chi connectivity index (χ3v) is 2.59. The molecule has 100 valence electrons. The number of hydrogen-bond acceptors (Lipinski definition) is 4. The number of para-hydroxylation sites is 1. The van der Waals surface area contributed by atoms with Crippen LogP contribution in [-0.2, 0) is 11.2 Å². The van der Waals surface area contributed by atoms with E-state index in [0.717, 1.165) is 11.3 Å². The molecule has 5 heteroatoms. The van der Waals surface area contributed by atoms with Crippen LogP contribution in [0.2, 0.25) is 0 Å². The molecular weight excluding hydrogens is 234 g/mol. The maximum atomic E-state index is 10.5. The second-order valence-electron chi connectivity index (χ2n) is 4.12.